The molecule has 258 valence electrons. The predicted octanol–water partition coefficient (Wildman–Crippen LogP) is 12.0. The van der Waals surface area contributed by atoms with Crippen LogP contribution in [0.15, 0.2) is 156 Å². The third kappa shape index (κ3) is 6.10. The Kier molecular flexibility index (Phi) is 8.98. The standard InChI is InChI=1S/C45H34N5S.Pt/c1-45(2,3)31-22-25-47-44(26-31)50-40-23-24-46-29-39(40)37-17-8-7-16-36(37)38-21-20-35(28-43(38)50)51-34-15-11-14-33(27-34)49-30-48(32-12-5-4-6-13-32)41-18-9-10-19-42(41)49;/h4-26,29-30H,1-3H3;/q-3;. The summed E-state index contributed by atoms with van der Waals surface area (Å²) >= 11 is 1.66. The van der Waals surface area contributed by atoms with Crippen molar-refractivity contribution in [1.29, 1.82) is 0 Å². The Morgan fingerprint density at radius 1 is 0.615 bits per heavy atom. The number of nitrogens with zero attached hydrogens (tertiary/aromatic N) is 5. The average Bonchev–Trinajstić information content (AvgIpc) is 3.50. The molecule has 0 N–H and O–H groups in total. The van der Waals surface area contributed by atoms with Crippen LogP contribution in [0.4, 0.5) is 39.9 Å². The van der Waals surface area contributed by atoms with Gasteiger partial charge in [-0.15, -0.1) is 57.7 Å². The number of benzene rings is 5. The number of hydrogen-bond acceptors (Lipinski definition) is 6. The summed E-state index contributed by atoms with van der Waals surface area (Å²) in [6, 6.07) is 52.2. The first kappa shape index (κ1) is 34.0. The van der Waals surface area contributed by atoms with Gasteiger partial charge in [-0.25, -0.2) is 4.98 Å². The maximum absolute atomic E-state index is 4.95. The third-order valence-electron chi connectivity index (χ3n) is 9.41. The van der Waals surface area contributed by atoms with E-state index in [0.717, 1.165) is 72.0 Å². The second-order valence-corrected chi connectivity index (χ2v) is 14.8. The number of fused-ring (bicyclic) bond motifs is 6. The third-order valence-corrected chi connectivity index (χ3v) is 10.3. The molecule has 0 atom stereocenters. The van der Waals surface area contributed by atoms with Gasteiger partial charge < -0.3 is 14.7 Å². The van der Waals surface area contributed by atoms with Crippen molar-refractivity contribution in [3.63, 3.8) is 0 Å². The number of anilines is 7. The van der Waals surface area contributed by atoms with Crippen LogP contribution in [0.2, 0.25) is 0 Å². The zero-order valence-corrected chi connectivity index (χ0v) is 32.0. The summed E-state index contributed by atoms with van der Waals surface area (Å²) in [4.78, 5) is 18.2. The van der Waals surface area contributed by atoms with E-state index in [0.29, 0.717) is 0 Å². The normalized spacial score (nSPS) is 13.0. The maximum Gasteiger partial charge on any atom is 0.135 e. The van der Waals surface area contributed by atoms with Crippen molar-refractivity contribution < 1.29 is 21.1 Å². The van der Waals surface area contributed by atoms with Crippen LogP contribution < -0.4 is 14.7 Å². The van der Waals surface area contributed by atoms with E-state index in [1.54, 1.807) is 11.8 Å². The Hall–Kier alpha value is -5.16. The van der Waals surface area contributed by atoms with Gasteiger partial charge in [0.05, 0.1) is 5.69 Å². The van der Waals surface area contributed by atoms with E-state index in [-0.39, 0.29) is 26.5 Å². The molecule has 52 heavy (non-hydrogen) atoms. The molecule has 5 aromatic carbocycles. The second-order valence-electron chi connectivity index (χ2n) is 13.7. The Bertz CT molecular complexity index is 2410. The minimum atomic E-state index is -0.0376. The quantitative estimate of drug-likeness (QED) is 0.160. The van der Waals surface area contributed by atoms with Gasteiger partial charge in [-0.1, -0.05) is 86.6 Å². The number of para-hydroxylation sites is 3. The second kappa shape index (κ2) is 13.8. The van der Waals surface area contributed by atoms with Crippen LogP contribution in [0.25, 0.3) is 22.3 Å². The van der Waals surface area contributed by atoms with E-state index in [2.05, 4.69) is 181 Å². The monoisotopic (exact) mass is 871 g/mol. The van der Waals surface area contributed by atoms with Crippen molar-refractivity contribution in [2.24, 2.45) is 0 Å². The molecule has 0 unspecified atom stereocenters. The van der Waals surface area contributed by atoms with E-state index < -0.39 is 0 Å². The summed E-state index contributed by atoms with van der Waals surface area (Å²) in [5.74, 6) is 0.849. The minimum Gasteiger partial charge on any atom is -0.493 e. The zero-order chi connectivity index (χ0) is 34.5. The Labute approximate surface area is 324 Å². The largest absolute Gasteiger partial charge is 0.493 e. The van der Waals surface area contributed by atoms with Crippen LogP contribution in [0.3, 0.4) is 0 Å². The van der Waals surface area contributed by atoms with E-state index in [1.165, 1.54) is 5.56 Å². The van der Waals surface area contributed by atoms with Crippen LogP contribution in [0.5, 0.6) is 0 Å². The fraction of sp³-hybridized carbons (Fsp3) is 0.0889. The molecule has 0 saturated carbocycles. The first-order valence-corrected chi connectivity index (χ1v) is 17.9. The van der Waals surface area contributed by atoms with E-state index in [1.807, 2.05) is 24.7 Å². The fourth-order valence-corrected chi connectivity index (χ4v) is 7.70. The average molecular weight is 872 g/mol. The predicted molar refractivity (Wildman–Crippen MR) is 210 cm³/mol. The smallest absolute Gasteiger partial charge is 0.135 e. The summed E-state index contributed by atoms with van der Waals surface area (Å²) in [6.45, 7) is 8.85. The van der Waals surface area contributed by atoms with Gasteiger partial charge in [0, 0.05) is 62.3 Å². The number of rotatable bonds is 5. The Balaban J connectivity index is 0.00000387. The molecule has 7 heteroatoms. The van der Waals surface area contributed by atoms with Crippen LogP contribution in [0, 0.1) is 18.8 Å². The molecule has 0 saturated heterocycles. The summed E-state index contributed by atoms with van der Waals surface area (Å²) in [6.07, 6.45) is 5.74. The minimum absolute atomic E-state index is 0. The molecule has 0 fully saturated rings. The molecule has 0 bridgehead atoms. The Morgan fingerprint density at radius 3 is 2.12 bits per heavy atom. The molecule has 9 rings (SSSR count). The van der Waals surface area contributed by atoms with Gasteiger partial charge >= 0.3 is 0 Å². The molecule has 2 aliphatic heterocycles. The number of pyridine rings is 2. The van der Waals surface area contributed by atoms with Crippen molar-refractivity contribution in [2.75, 3.05) is 14.7 Å². The first-order valence-electron chi connectivity index (χ1n) is 17.1. The molecule has 0 amide bonds. The molecular formula is C45H34N5PtS-3. The summed E-state index contributed by atoms with van der Waals surface area (Å²) in [7, 11) is 0. The van der Waals surface area contributed by atoms with Gasteiger partial charge in [0.15, 0.2) is 0 Å². The van der Waals surface area contributed by atoms with Crippen LogP contribution in [-0.4, -0.2) is 9.97 Å². The number of aromatic nitrogens is 2. The van der Waals surface area contributed by atoms with Gasteiger partial charge in [0.25, 0.3) is 0 Å². The molecular weight excluding hydrogens is 838 g/mol. The van der Waals surface area contributed by atoms with Crippen molar-refractivity contribution >= 4 is 51.7 Å². The van der Waals surface area contributed by atoms with E-state index in [4.69, 9.17) is 4.98 Å². The molecule has 4 heterocycles. The topological polar surface area (TPSA) is 35.5 Å². The Morgan fingerprint density at radius 2 is 1.33 bits per heavy atom. The van der Waals surface area contributed by atoms with Gasteiger partial charge in [-0.2, -0.15) is 24.3 Å². The van der Waals surface area contributed by atoms with Gasteiger partial charge in [0.1, 0.15) is 5.82 Å². The van der Waals surface area contributed by atoms with Crippen molar-refractivity contribution in [3.05, 3.63) is 170 Å². The first-order chi connectivity index (χ1) is 24.9. The molecule has 2 aliphatic rings. The van der Waals surface area contributed by atoms with Gasteiger partial charge in [-0.3, -0.25) is 4.98 Å². The van der Waals surface area contributed by atoms with Crippen LogP contribution in [-0.2, 0) is 26.5 Å². The number of hydrogen-bond donors (Lipinski definition) is 0. The maximum atomic E-state index is 4.95. The van der Waals surface area contributed by atoms with Crippen molar-refractivity contribution in [1.82, 2.24) is 9.97 Å². The summed E-state index contributed by atoms with van der Waals surface area (Å²) < 4.78 is 0. The molecule has 7 aromatic rings. The van der Waals surface area contributed by atoms with Crippen LogP contribution in [0.1, 0.15) is 26.3 Å². The molecule has 0 spiro atoms. The molecule has 5 nitrogen and oxygen atoms in total. The summed E-state index contributed by atoms with van der Waals surface area (Å²) in [5, 5.41) is 0. The van der Waals surface area contributed by atoms with Gasteiger partial charge in [0.2, 0.25) is 0 Å². The van der Waals surface area contributed by atoms with Crippen molar-refractivity contribution in [2.45, 2.75) is 36.0 Å². The van der Waals surface area contributed by atoms with Crippen molar-refractivity contribution in [3.8, 4) is 22.3 Å². The molecule has 2 aromatic heterocycles. The fourth-order valence-electron chi connectivity index (χ4n) is 6.88. The zero-order valence-electron chi connectivity index (χ0n) is 28.9. The van der Waals surface area contributed by atoms with E-state index in [9.17, 15) is 0 Å². The summed E-state index contributed by atoms with van der Waals surface area (Å²) in [5.41, 5.74) is 11.9. The van der Waals surface area contributed by atoms with E-state index >= 15 is 0 Å². The molecule has 0 radical (unpaired) electrons. The SMILES string of the molecule is CC(C)(C)c1ccnc(N2c3[c-]c(Sc4[c-]c(N5[CH-]N(c6ccccc6)c6ccccc65)ccc4)ccc3-c3ccccc3-c3cnccc32)c1.[Pt]. The van der Waals surface area contributed by atoms with Crippen LogP contribution >= 0.6 is 11.8 Å². The van der Waals surface area contributed by atoms with Gasteiger partial charge in [-0.05, 0) is 59.0 Å². The molecule has 0 aliphatic carbocycles.